The molecule has 0 bridgehead atoms. The van der Waals surface area contributed by atoms with Crippen LogP contribution in [0.3, 0.4) is 0 Å². The SMILES string of the molecule is CC(C)N(C(=O)CNC=O)C1(C)CCNCC1.CNNC(=O)CNC(C)C.Cc1ccc(C#N)cc1.Cc1cccc(F)c1.NC(=O)CNC=O. The highest BCUT2D eigenvalue weighted by Gasteiger charge is 2.37. The van der Waals surface area contributed by atoms with E-state index in [4.69, 9.17) is 5.26 Å². The van der Waals surface area contributed by atoms with Crippen molar-refractivity contribution in [2.45, 2.75) is 78.9 Å². The standard InChI is InChI=1S/C12H23N3O2.C8H7N.C7H7F.C6H15N3O.C3H6N2O2/c1-10(2)15(11(17)8-14-9-16)12(3)4-6-13-7-5-12;1-7-2-4-8(6-9)5-3-7;1-6-3-2-4-7(8)5-6;1-5(2)8-4-6(10)9-7-3;4-3(7)1-5-2-6/h9-10,13H,4-8H2,1-3H3,(H,14,16);2-5H,1H3;2-5H,1H3;5,7-8H,4H2,1-3H3,(H,9,10);2H,1H2,(H2,4,7)(H,5,6). The van der Waals surface area contributed by atoms with Crippen LogP contribution in [0.5, 0.6) is 0 Å². The Morgan fingerprint density at radius 1 is 0.961 bits per heavy atom. The fraction of sp³-hybridized carbons (Fsp3) is 0.500. The largest absolute Gasteiger partial charge is 0.368 e. The second-order valence-electron chi connectivity index (χ2n) is 12.2. The zero-order valence-corrected chi connectivity index (χ0v) is 31.3. The highest BCUT2D eigenvalue weighted by Crippen LogP contribution is 2.27. The van der Waals surface area contributed by atoms with Crippen LogP contribution in [0.4, 0.5) is 4.39 Å². The molecule has 1 saturated heterocycles. The van der Waals surface area contributed by atoms with Crippen LogP contribution in [0.2, 0.25) is 0 Å². The minimum Gasteiger partial charge on any atom is -0.368 e. The van der Waals surface area contributed by atoms with Gasteiger partial charge in [0.05, 0.1) is 31.3 Å². The number of primary amides is 1. The molecule has 0 saturated carbocycles. The van der Waals surface area contributed by atoms with E-state index in [2.05, 4.69) is 50.8 Å². The maximum Gasteiger partial charge on any atom is 0.248 e. The molecule has 2 aromatic rings. The number of hydrogen-bond acceptors (Lipinski definition) is 9. The Labute approximate surface area is 302 Å². The number of carbonyl (C=O) groups excluding carboxylic acids is 5. The quantitative estimate of drug-likeness (QED) is 0.125. The number of carbonyl (C=O) groups is 5. The van der Waals surface area contributed by atoms with Gasteiger partial charge in [-0.15, -0.1) is 0 Å². The average molecular weight is 716 g/mol. The summed E-state index contributed by atoms with van der Waals surface area (Å²) in [4.78, 5) is 54.2. The Hall–Kier alpha value is -4.91. The van der Waals surface area contributed by atoms with E-state index in [1.807, 2.05) is 76.8 Å². The van der Waals surface area contributed by atoms with E-state index >= 15 is 0 Å². The molecule has 5 amide bonds. The Morgan fingerprint density at radius 3 is 1.92 bits per heavy atom. The van der Waals surface area contributed by atoms with Gasteiger partial charge in [0.1, 0.15) is 5.82 Å². The van der Waals surface area contributed by atoms with Crippen molar-refractivity contribution in [3.63, 3.8) is 0 Å². The molecule has 14 nitrogen and oxygen atoms in total. The topological polar surface area (TPSA) is 211 Å². The van der Waals surface area contributed by atoms with Crippen molar-refractivity contribution >= 4 is 30.5 Å². The molecular weight excluding hydrogens is 657 g/mol. The highest BCUT2D eigenvalue weighted by molar-refractivity contribution is 5.81. The second-order valence-corrected chi connectivity index (χ2v) is 12.2. The molecule has 0 radical (unpaired) electrons. The Kier molecular flexibility index (Phi) is 27.3. The van der Waals surface area contributed by atoms with Crippen LogP contribution in [0.1, 0.15) is 64.2 Å². The summed E-state index contributed by atoms with van der Waals surface area (Å²) < 4.78 is 12.2. The molecule has 0 unspecified atom stereocenters. The molecule has 0 aliphatic carbocycles. The summed E-state index contributed by atoms with van der Waals surface area (Å²) in [6, 6.07) is 16.5. The van der Waals surface area contributed by atoms with Gasteiger partial charge in [0.15, 0.2) is 0 Å². The molecule has 0 aromatic heterocycles. The van der Waals surface area contributed by atoms with Gasteiger partial charge < -0.3 is 31.9 Å². The lowest BCUT2D eigenvalue weighted by Gasteiger charge is -2.46. The van der Waals surface area contributed by atoms with E-state index in [9.17, 15) is 28.4 Å². The summed E-state index contributed by atoms with van der Waals surface area (Å²) in [5.41, 5.74) is 12.4. The average Bonchev–Trinajstić information content (AvgIpc) is 3.07. The summed E-state index contributed by atoms with van der Waals surface area (Å²) >= 11 is 0. The fourth-order valence-electron chi connectivity index (χ4n) is 4.49. The van der Waals surface area contributed by atoms with Crippen LogP contribution < -0.4 is 37.9 Å². The number of piperidine rings is 1. The molecule has 0 atom stereocenters. The third-order valence-corrected chi connectivity index (χ3v) is 6.84. The third-order valence-electron chi connectivity index (χ3n) is 6.84. The first-order chi connectivity index (χ1) is 24.1. The molecule has 15 heteroatoms. The zero-order chi connectivity index (χ0) is 39.2. The number of aryl methyl sites for hydroxylation is 2. The van der Waals surface area contributed by atoms with Gasteiger partial charge in [-0.2, -0.15) is 5.26 Å². The molecule has 51 heavy (non-hydrogen) atoms. The Morgan fingerprint density at radius 2 is 1.53 bits per heavy atom. The van der Waals surface area contributed by atoms with Gasteiger partial charge in [-0.25, -0.2) is 9.82 Å². The molecule has 1 aliphatic heterocycles. The van der Waals surface area contributed by atoms with Crippen molar-refractivity contribution in [2.24, 2.45) is 5.73 Å². The summed E-state index contributed by atoms with van der Waals surface area (Å²) in [6.07, 6.45) is 2.90. The van der Waals surface area contributed by atoms with Crippen LogP contribution in [-0.2, 0) is 24.0 Å². The number of nitrogens with two attached hydrogens (primary N) is 1. The molecule has 0 spiro atoms. The maximum absolute atomic E-state index is 12.2. The molecular formula is C36H58FN9O5. The fourth-order valence-corrected chi connectivity index (χ4v) is 4.49. The lowest BCUT2D eigenvalue weighted by Crippen LogP contribution is -2.59. The predicted molar refractivity (Wildman–Crippen MR) is 197 cm³/mol. The smallest absolute Gasteiger partial charge is 0.248 e. The minimum atomic E-state index is -0.535. The summed E-state index contributed by atoms with van der Waals surface area (Å²) in [7, 11) is 1.66. The van der Waals surface area contributed by atoms with Crippen molar-refractivity contribution in [1.82, 2.24) is 37.0 Å². The molecule has 8 N–H and O–H groups in total. The zero-order valence-electron chi connectivity index (χ0n) is 31.3. The van der Waals surface area contributed by atoms with E-state index in [1.165, 1.54) is 17.7 Å². The minimum absolute atomic E-state index is 0.00324. The van der Waals surface area contributed by atoms with Gasteiger partial charge in [0.2, 0.25) is 30.5 Å². The van der Waals surface area contributed by atoms with Crippen molar-refractivity contribution in [1.29, 1.82) is 5.26 Å². The number of halogens is 1. The van der Waals surface area contributed by atoms with E-state index in [0.717, 1.165) is 37.1 Å². The van der Waals surface area contributed by atoms with E-state index in [-0.39, 0.29) is 42.3 Å². The lowest BCUT2D eigenvalue weighted by atomic mass is 9.87. The monoisotopic (exact) mass is 715 g/mol. The highest BCUT2D eigenvalue weighted by atomic mass is 19.1. The van der Waals surface area contributed by atoms with Gasteiger partial charge in [-0.05, 0) is 90.4 Å². The van der Waals surface area contributed by atoms with Crippen LogP contribution in [-0.4, -0.2) is 92.8 Å². The number of rotatable bonds is 12. The maximum atomic E-state index is 12.2. The van der Waals surface area contributed by atoms with Crippen molar-refractivity contribution in [3.05, 3.63) is 71.0 Å². The number of hydrazine groups is 1. The number of amides is 5. The first kappa shape index (κ1) is 48.2. The molecule has 284 valence electrons. The van der Waals surface area contributed by atoms with E-state index in [0.29, 0.717) is 25.4 Å². The first-order valence-electron chi connectivity index (χ1n) is 16.6. The van der Waals surface area contributed by atoms with Crippen molar-refractivity contribution in [2.75, 3.05) is 39.8 Å². The number of hydrogen-bond donors (Lipinski definition) is 7. The predicted octanol–water partition coefficient (Wildman–Crippen LogP) is 1.57. The number of benzene rings is 2. The molecule has 3 rings (SSSR count). The van der Waals surface area contributed by atoms with Crippen molar-refractivity contribution in [3.8, 4) is 6.07 Å². The van der Waals surface area contributed by atoms with Crippen LogP contribution in [0.15, 0.2) is 48.5 Å². The van der Waals surface area contributed by atoms with Crippen LogP contribution >= 0.6 is 0 Å². The summed E-state index contributed by atoms with van der Waals surface area (Å²) in [5, 5.41) is 19.2. The van der Waals surface area contributed by atoms with Gasteiger partial charge >= 0.3 is 0 Å². The number of nitrogens with one attached hydrogen (secondary N) is 6. The van der Waals surface area contributed by atoms with E-state index in [1.54, 1.807) is 13.1 Å². The summed E-state index contributed by atoms with van der Waals surface area (Å²) in [6.45, 7) is 16.3. The molecule has 1 fully saturated rings. The third kappa shape index (κ3) is 25.7. The Bertz CT molecular complexity index is 1310. The summed E-state index contributed by atoms with van der Waals surface area (Å²) in [5.74, 6) is -0.746. The molecule has 2 aromatic carbocycles. The number of nitriles is 1. The Balaban J connectivity index is 0. The van der Waals surface area contributed by atoms with Gasteiger partial charge in [-0.3, -0.25) is 29.4 Å². The van der Waals surface area contributed by atoms with Crippen molar-refractivity contribution < 1.29 is 28.4 Å². The normalized spacial score (nSPS) is 12.2. The molecule has 1 heterocycles. The lowest BCUT2D eigenvalue weighted by molar-refractivity contribution is -0.140. The molecule has 1 aliphatic rings. The first-order valence-corrected chi connectivity index (χ1v) is 16.6. The van der Waals surface area contributed by atoms with Gasteiger partial charge in [-0.1, -0.05) is 43.7 Å². The van der Waals surface area contributed by atoms with Gasteiger partial charge in [0, 0.05) is 24.7 Å². The van der Waals surface area contributed by atoms with Gasteiger partial charge in [0.25, 0.3) is 0 Å². The second kappa shape index (κ2) is 28.9. The van der Waals surface area contributed by atoms with E-state index < -0.39 is 5.91 Å². The number of nitrogens with zero attached hydrogens (tertiary/aromatic N) is 2. The van der Waals surface area contributed by atoms with Crippen LogP contribution in [0, 0.1) is 31.0 Å². The van der Waals surface area contributed by atoms with Crippen LogP contribution in [0.25, 0.3) is 0 Å².